The molecule has 0 aliphatic carbocycles. The zero-order valence-electron chi connectivity index (χ0n) is 25.8. The van der Waals surface area contributed by atoms with Gasteiger partial charge in [0, 0.05) is 27.2 Å². The third-order valence-corrected chi connectivity index (χ3v) is 14.1. The number of aromatic nitrogens is 3. The van der Waals surface area contributed by atoms with Crippen LogP contribution in [0.1, 0.15) is 0 Å². The van der Waals surface area contributed by atoms with Gasteiger partial charge in [0.15, 0.2) is 0 Å². The van der Waals surface area contributed by atoms with Gasteiger partial charge in [0.2, 0.25) is 0 Å². The Hall–Kier alpha value is -5.18. The summed E-state index contributed by atoms with van der Waals surface area (Å²) < 4.78 is 12.9. The summed E-state index contributed by atoms with van der Waals surface area (Å²) in [7, 11) is 0. The van der Waals surface area contributed by atoms with Crippen LogP contribution in [0.4, 0.5) is 0 Å². The van der Waals surface area contributed by atoms with E-state index in [-0.39, 0.29) is 0 Å². The fraction of sp³-hybridized carbons (Fsp3) is 0. The molecule has 7 heteroatoms. The maximum absolute atomic E-state index is 2.53. The molecule has 0 saturated carbocycles. The molecule has 49 heavy (non-hydrogen) atoms. The fourth-order valence-electron chi connectivity index (χ4n) is 8.23. The predicted molar refractivity (Wildman–Crippen MR) is 216 cm³/mol. The van der Waals surface area contributed by atoms with Crippen LogP contribution in [0.2, 0.25) is 0 Å². The van der Waals surface area contributed by atoms with Gasteiger partial charge in [0.1, 0.15) is 0 Å². The zero-order valence-corrected chi connectivity index (χ0v) is 29.0. The Balaban J connectivity index is 1.28. The van der Waals surface area contributed by atoms with Crippen molar-refractivity contribution < 1.29 is 0 Å². The van der Waals surface area contributed by atoms with Crippen molar-refractivity contribution in [2.24, 2.45) is 0 Å². The van der Waals surface area contributed by atoms with Crippen molar-refractivity contribution in [2.45, 2.75) is 0 Å². The second-order valence-electron chi connectivity index (χ2n) is 12.6. The van der Waals surface area contributed by atoms with Gasteiger partial charge in [-0.3, -0.25) is 0 Å². The van der Waals surface area contributed by atoms with E-state index in [9.17, 15) is 0 Å². The highest BCUT2D eigenvalue weighted by Crippen LogP contribution is 2.46. The molecule has 0 fully saturated rings. The lowest BCUT2D eigenvalue weighted by atomic mass is 10.0. The number of thiophene rings is 4. The minimum atomic E-state index is 1.18. The van der Waals surface area contributed by atoms with Crippen molar-refractivity contribution in [1.29, 1.82) is 0 Å². The smallest absolute Gasteiger partial charge is 0.0704 e. The number of hydrogen-bond donors (Lipinski definition) is 0. The Morgan fingerprint density at radius 2 is 0.898 bits per heavy atom. The van der Waals surface area contributed by atoms with Gasteiger partial charge in [0.25, 0.3) is 0 Å². The molecular weight excluding hydrogens is 675 g/mol. The van der Waals surface area contributed by atoms with Gasteiger partial charge in [-0.15, -0.1) is 45.3 Å². The second-order valence-corrected chi connectivity index (χ2v) is 16.2. The summed E-state index contributed by atoms with van der Waals surface area (Å²) in [4.78, 5) is 0. The molecule has 3 nitrogen and oxygen atoms in total. The van der Waals surface area contributed by atoms with Gasteiger partial charge < -0.3 is 13.7 Å². The molecule has 0 atom stereocenters. The zero-order chi connectivity index (χ0) is 31.8. The lowest BCUT2D eigenvalue weighted by Gasteiger charge is -2.15. The van der Waals surface area contributed by atoms with E-state index < -0.39 is 0 Å². The van der Waals surface area contributed by atoms with Crippen LogP contribution in [0.5, 0.6) is 0 Å². The van der Waals surface area contributed by atoms with Crippen LogP contribution >= 0.6 is 45.3 Å². The first kappa shape index (κ1) is 26.7. The molecule has 0 saturated heterocycles. The Morgan fingerprint density at radius 3 is 1.57 bits per heavy atom. The Kier molecular flexibility index (Phi) is 5.30. The summed E-state index contributed by atoms with van der Waals surface area (Å²) in [6.45, 7) is 0. The molecule has 0 radical (unpaired) electrons. The van der Waals surface area contributed by atoms with Crippen molar-refractivity contribution in [1.82, 2.24) is 13.7 Å². The molecule has 0 amide bonds. The molecule has 12 rings (SSSR count). The largest absolute Gasteiger partial charge is 0.308 e. The molecule has 0 bridgehead atoms. The Morgan fingerprint density at radius 1 is 0.347 bits per heavy atom. The quantitative estimate of drug-likeness (QED) is 0.175. The molecule has 7 aromatic heterocycles. The van der Waals surface area contributed by atoms with Crippen molar-refractivity contribution in [3.05, 3.63) is 137 Å². The van der Waals surface area contributed by atoms with E-state index in [4.69, 9.17) is 0 Å². The average Bonchev–Trinajstić information content (AvgIpc) is 3.98. The molecule has 230 valence electrons. The summed E-state index contributed by atoms with van der Waals surface area (Å²) in [5.41, 5.74) is 11.1. The first-order valence-corrected chi connectivity index (χ1v) is 19.7. The van der Waals surface area contributed by atoms with Gasteiger partial charge in [0.05, 0.1) is 63.3 Å². The molecule has 5 aromatic carbocycles. The average molecular weight is 698 g/mol. The number of benzene rings is 5. The van der Waals surface area contributed by atoms with Crippen LogP contribution in [0.15, 0.2) is 137 Å². The van der Waals surface area contributed by atoms with E-state index in [1.807, 2.05) is 45.3 Å². The molecular formula is C42H23N3S4. The standard InChI is InChI=1S/C42H23N3S4/c1-2-8-26-24(6-1)7-5-11-30(26)44-35-22-25(43-31-14-18-46-39(31)40-32(43)15-19-47-40)12-13-29(35)38-28-10-4-3-9-27(28)36(23-37(38)44)45-33-16-20-48-41(33)42-34(45)17-21-49-42/h1-23H. The van der Waals surface area contributed by atoms with Crippen molar-refractivity contribution in [2.75, 3.05) is 0 Å². The van der Waals surface area contributed by atoms with Crippen LogP contribution in [0.3, 0.4) is 0 Å². The molecule has 12 aromatic rings. The van der Waals surface area contributed by atoms with Crippen LogP contribution in [0, 0.1) is 0 Å². The van der Waals surface area contributed by atoms with E-state index in [2.05, 4.69) is 150 Å². The summed E-state index contributed by atoms with van der Waals surface area (Å²) in [5, 5.41) is 16.5. The maximum Gasteiger partial charge on any atom is 0.0704 e. The highest BCUT2D eigenvalue weighted by atomic mass is 32.1. The summed E-state index contributed by atoms with van der Waals surface area (Å²) in [6.07, 6.45) is 0. The highest BCUT2D eigenvalue weighted by Gasteiger charge is 2.23. The van der Waals surface area contributed by atoms with Crippen LogP contribution in [-0.4, -0.2) is 13.7 Å². The van der Waals surface area contributed by atoms with Gasteiger partial charge in [-0.2, -0.15) is 0 Å². The topological polar surface area (TPSA) is 14.8 Å². The molecule has 0 aliphatic heterocycles. The summed E-state index contributed by atoms with van der Waals surface area (Å²) in [5.74, 6) is 0. The van der Waals surface area contributed by atoms with E-state index in [0.717, 1.165) is 0 Å². The van der Waals surface area contributed by atoms with Crippen LogP contribution < -0.4 is 0 Å². The molecule has 0 aliphatic rings. The molecule has 0 N–H and O–H groups in total. The number of nitrogens with zero attached hydrogens (tertiary/aromatic N) is 3. The van der Waals surface area contributed by atoms with E-state index >= 15 is 0 Å². The molecule has 0 spiro atoms. The van der Waals surface area contributed by atoms with Gasteiger partial charge in [-0.1, -0.05) is 66.7 Å². The first-order chi connectivity index (χ1) is 24.3. The molecule has 7 heterocycles. The third-order valence-electron chi connectivity index (χ3n) is 10.2. The van der Waals surface area contributed by atoms with Crippen molar-refractivity contribution in [3.63, 3.8) is 0 Å². The van der Waals surface area contributed by atoms with E-state index in [1.54, 1.807) is 0 Å². The summed E-state index contributed by atoms with van der Waals surface area (Å²) >= 11 is 7.34. The lowest BCUT2D eigenvalue weighted by Crippen LogP contribution is -1.99. The van der Waals surface area contributed by atoms with Gasteiger partial charge >= 0.3 is 0 Å². The Bertz CT molecular complexity index is 3190. The monoisotopic (exact) mass is 697 g/mol. The maximum atomic E-state index is 2.53. The number of hydrogen-bond acceptors (Lipinski definition) is 4. The normalized spacial score (nSPS) is 12.5. The van der Waals surface area contributed by atoms with Crippen LogP contribution in [-0.2, 0) is 0 Å². The summed E-state index contributed by atoms with van der Waals surface area (Å²) in [6, 6.07) is 43.1. The second kappa shape index (κ2) is 9.71. The minimum absolute atomic E-state index is 1.18. The van der Waals surface area contributed by atoms with Gasteiger partial charge in [-0.25, -0.2) is 0 Å². The van der Waals surface area contributed by atoms with Gasteiger partial charge in [-0.05, 0) is 80.8 Å². The third kappa shape index (κ3) is 3.45. The van der Waals surface area contributed by atoms with E-state index in [1.165, 1.54) is 101 Å². The fourth-order valence-corrected chi connectivity index (χ4v) is 12.1. The predicted octanol–water partition coefficient (Wildman–Crippen LogP) is 13.5. The first-order valence-electron chi connectivity index (χ1n) is 16.2. The highest BCUT2D eigenvalue weighted by molar-refractivity contribution is 7.26. The molecule has 0 unspecified atom stereocenters. The van der Waals surface area contributed by atoms with Crippen molar-refractivity contribution in [3.8, 4) is 17.1 Å². The van der Waals surface area contributed by atoms with Crippen LogP contribution in [0.25, 0.3) is 101 Å². The van der Waals surface area contributed by atoms with E-state index in [0.29, 0.717) is 0 Å². The Labute approximate surface area is 295 Å². The lowest BCUT2D eigenvalue weighted by molar-refractivity contribution is 1.16. The van der Waals surface area contributed by atoms with Crippen molar-refractivity contribution >= 4 is 130 Å². The minimum Gasteiger partial charge on any atom is -0.308 e. The number of fused-ring (bicyclic) bond motifs is 12. The number of rotatable bonds is 3. The SMILES string of the molecule is c1ccc2c(-n3c4cc(-n5c6ccsc6c6sccc65)ccc4c4c5ccccc5c(-n5c6ccsc6c6sccc65)cc43)cccc2c1.